The van der Waals surface area contributed by atoms with Gasteiger partial charge in [0.15, 0.2) is 0 Å². The normalized spacial score (nSPS) is 17.5. The molecule has 0 bridgehead atoms. The molecular weight excluding hydrogens is 284 g/mol. The van der Waals surface area contributed by atoms with Gasteiger partial charge in [0.1, 0.15) is 0 Å². The van der Waals surface area contributed by atoms with Crippen molar-refractivity contribution in [2.75, 3.05) is 11.9 Å². The van der Waals surface area contributed by atoms with E-state index in [2.05, 4.69) is 17.6 Å². The zero-order valence-corrected chi connectivity index (χ0v) is 13.7. The van der Waals surface area contributed by atoms with E-state index in [-0.39, 0.29) is 5.91 Å². The second-order valence-corrected chi connectivity index (χ2v) is 6.51. The van der Waals surface area contributed by atoms with Gasteiger partial charge in [-0.05, 0) is 50.3 Å². The zero-order chi connectivity index (χ0) is 15.2. The highest BCUT2D eigenvalue weighted by Crippen LogP contribution is 2.26. The smallest absolute Gasteiger partial charge is 0.238 e. The molecule has 116 valence electrons. The number of rotatable bonds is 5. The van der Waals surface area contributed by atoms with Crippen LogP contribution in [0.25, 0.3) is 0 Å². The number of carbonyl (C=O) groups excluding carboxylic acids is 1. The first kappa shape index (κ1) is 16.3. The first-order valence-electron chi connectivity index (χ1n) is 7.85. The van der Waals surface area contributed by atoms with Crippen molar-refractivity contribution in [2.45, 2.75) is 52.0 Å². The van der Waals surface area contributed by atoms with Gasteiger partial charge in [0.25, 0.3) is 0 Å². The lowest BCUT2D eigenvalue weighted by Gasteiger charge is -2.28. The van der Waals surface area contributed by atoms with Gasteiger partial charge in [0.2, 0.25) is 5.91 Å². The first-order valence-corrected chi connectivity index (χ1v) is 8.23. The van der Waals surface area contributed by atoms with E-state index in [4.69, 9.17) is 11.6 Å². The molecule has 0 spiro atoms. The monoisotopic (exact) mass is 308 g/mol. The van der Waals surface area contributed by atoms with Gasteiger partial charge in [-0.1, -0.05) is 36.9 Å². The molecule has 0 radical (unpaired) electrons. The Morgan fingerprint density at radius 3 is 2.76 bits per heavy atom. The second kappa shape index (κ2) is 7.81. The molecule has 3 nitrogen and oxygen atoms in total. The predicted molar refractivity (Wildman–Crippen MR) is 88.9 cm³/mol. The molecule has 21 heavy (non-hydrogen) atoms. The summed E-state index contributed by atoms with van der Waals surface area (Å²) in [6.07, 6.45) is 6.57. The molecule has 1 aromatic rings. The van der Waals surface area contributed by atoms with Crippen LogP contribution in [0.4, 0.5) is 5.69 Å². The molecule has 1 atom stereocenters. The molecule has 1 saturated carbocycles. The Bertz CT molecular complexity index is 484. The van der Waals surface area contributed by atoms with Crippen LogP contribution in [0.2, 0.25) is 5.02 Å². The summed E-state index contributed by atoms with van der Waals surface area (Å²) in [6, 6.07) is 5.93. The van der Waals surface area contributed by atoms with Gasteiger partial charge < -0.3 is 10.6 Å². The van der Waals surface area contributed by atoms with Gasteiger partial charge in [0.05, 0.1) is 6.54 Å². The Hall–Kier alpha value is -1.06. The number of anilines is 1. The summed E-state index contributed by atoms with van der Waals surface area (Å²) in [5.74, 6) is 0.697. The number of nitrogens with one attached hydrogen (secondary N) is 2. The second-order valence-electron chi connectivity index (χ2n) is 6.08. The Kier molecular flexibility index (Phi) is 6.07. The van der Waals surface area contributed by atoms with Crippen LogP contribution in [-0.4, -0.2) is 18.5 Å². The summed E-state index contributed by atoms with van der Waals surface area (Å²) >= 11 is 5.96. The molecule has 0 saturated heterocycles. The molecule has 1 amide bonds. The minimum absolute atomic E-state index is 0.0111. The number of amides is 1. The lowest BCUT2D eigenvalue weighted by Crippen LogP contribution is -2.39. The van der Waals surface area contributed by atoms with Crippen molar-refractivity contribution in [1.29, 1.82) is 0 Å². The van der Waals surface area contributed by atoms with Crippen molar-refractivity contribution >= 4 is 23.2 Å². The number of halogens is 1. The summed E-state index contributed by atoms with van der Waals surface area (Å²) in [5.41, 5.74) is 1.81. The standard InChI is InChI=1S/C17H25ClN2O/c1-12-8-9-15(18)10-16(12)20-17(21)11-19-13(2)14-6-4-3-5-7-14/h8-10,13-14,19H,3-7,11H2,1-2H3,(H,20,21)/t13-/m0/s1. The highest BCUT2D eigenvalue weighted by atomic mass is 35.5. The molecule has 1 aliphatic rings. The average Bonchev–Trinajstić information content (AvgIpc) is 2.49. The lowest BCUT2D eigenvalue weighted by molar-refractivity contribution is -0.115. The van der Waals surface area contributed by atoms with Gasteiger partial charge in [0, 0.05) is 16.8 Å². The fourth-order valence-corrected chi connectivity index (χ4v) is 3.15. The number of carbonyl (C=O) groups is 1. The molecule has 0 unspecified atom stereocenters. The van der Waals surface area contributed by atoms with Gasteiger partial charge in [-0.3, -0.25) is 4.79 Å². The van der Waals surface area contributed by atoms with Crippen molar-refractivity contribution < 1.29 is 4.79 Å². The maximum absolute atomic E-state index is 12.0. The van der Waals surface area contributed by atoms with Crippen molar-refractivity contribution in [3.05, 3.63) is 28.8 Å². The average molecular weight is 309 g/mol. The van der Waals surface area contributed by atoms with Crippen molar-refractivity contribution in [1.82, 2.24) is 5.32 Å². The molecule has 1 aromatic carbocycles. The molecular formula is C17H25ClN2O. The van der Waals surface area contributed by atoms with Crippen molar-refractivity contribution in [3.63, 3.8) is 0 Å². The topological polar surface area (TPSA) is 41.1 Å². The minimum atomic E-state index is -0.0111. The van der Waals surface area contributed by atoms with Crippen LogP contribution in [0.1, 0.15) is 44.6 Å². The summed E-state index contributed by atoms with van der Waals surface area (Å²) in [6.45, 7) is 4.50. The van der Waals surface area contributed by atoms with Crippen LogP contribution in [0.5, 0.6) is 0 Å². The van der Waals surface area contributed by atoms with Crippen molar-refractivity contribution in [3.8, 4) is 0 Å². The maximum atomic E-state index is 12.0. The van der Waals surface area contributed by atoms with E-state index >= 15 is 0 Å². The van der Waals surface area contributed by atoms with Gasteiger partial charge in [-0.25, -0.2) is 0 Å². The molecule has 2 N–H and O–H groups in total. The Morgan fingerprint density at radius 1 is 1.33 bits per heavy atom. The number of hydrogen-bond acceptors (Lipinski definition) is 2. The summed E-state index contributed by atoms with van der Waals surface area (Å²) in [5, 5.41) is 6.92. The highest BCUT2D eigenvalue weighted by molar-refractivity contribution is 6.31. The summed E-state index contributed by atoms with van der Waals surface area (Å²) < 4.78 is 0. The van der Waals surface area contributed by atoms with E-state index in [9.17, 15) is 4.79 Å². The first-order chi connectivity index (χ1) is 10.1. The number of aryl methyl sites for hydroxylation is 1. The molecule has 0 heterocycles. The number of benzene rings is 1. The molecule has 0 aromatic heterocycles. The summed E-state index contributed by atoms with van der Waals surface area (Å²) in [4.78, 5) is 12.0. The highest BCUT2D eigenvalue weighted by Gasteiger charge is 2.20. The van der Waals surface area contributed by atoms with Crippen molar-refractivity contribution in [2.24, 2.45) is 5.92 Å². The lowest BCUT2D eigenvalue weighted by atomic mass is 9.84. The molecule has 4 heteroatoms. The van der Waals surface area contributed by atoms with Crippen LogP contribution in [0.15, 0.2) is 18.2 Å². The van der Waals surface area contributed by atoms with E-state index in [0.717, 1.165) is 11.3 Å². The fourth-order valence-electron chi connectivity index (χ4n) is 2.98. The summed E-state index contributed by atoms with van der Waals surface area (Å²) in [7, 11) is 0. The molecule has 2 rings (SSSR count). The van der Waals surface area contributed by atoms with E-state index in [0.29, 0.717) is 23.5 Å². The van der Waals surface area contributed by atoms with E-state index in [1.165, 1.54) is 32.1 Å². The van der Waals surface area contributed by atoms with Gasteiger partial charge >= 0.3 is 0 Å². The quantitative estimate of drug-likeness (QED) is 0.858. The fraction of sp³-hybridized carbons (Fsp3) is 0.588. The third-order valence-electron chi connectivity index (χ3n) is 4.42. The Balaban J connectivity index is 1.80. The Labute approximate surface area is 132 Å². The van der Waals surface area contributed by atoms with Crippen LogP contribution in [0.3, 0.4) is 0 Å². The SMILES string of the molecule is Cc1ccc(Cl)cc1NC(=O)CN[C@@H](C)C1CCCCC1. The van der Waals surface area contributed by atoms with Crippen LogP contribution < -0.4 is 10.6 Å². The molecule has 0 aliphatic heterocycles. The molecule has 1 aliphatic carbocycles. The van der Waals surface area contributed by atoms with Gasteiger partial charge in [-0.2, -0.15) is 0 Å². The van der Waals surface area contributed by atoms with Crippen LogP contribution >= 0.6 is 11.6 Å². The van der Waals surface area contributed by atoms with Crippen LogP contribution in [0, 0.1) is 12.8 Å². The third-order valence-corrected chi connectivity index (χ3v) is 4.65. The maximum Gasteiger partial charge on any atom is 0.238 e. The van der Waals surface area contributed by atoms with E-state index < -0.39 is 0 Å². The Morgan fingerprint density at radius 2 is 2.05 bits per heavy atom. The zero-order valence-electron chi connectivity index (χ0n) is 12.9. The third kappa shape index (κ3) is 5.01. The van der Waals surface area contributed by atoms with E-state index in [1.54, 1.807) is 6.07 Å². The number of hydrogen-bond donors (Lipinski definition) is 2. The molecule has 1 fully saturated rings. The predicted octanol–water partition coefficient (Wildman–Crippen LogP) is 4.15. The van der Waals surface area contributed by atoms with Gasteiger partial charge in [-0.15, -0.1) is 0 Å². The van der Waals surface area contributed by atoms with E-state index in [1.807, 2.05) is 19.1 Å². The largest absolute Gasteiger partial charge is 0.325 e. The minimum Gasteiger partial charge on any atom is -0.325 e. The van der Waals surface area contributed by atoms with Crippen LogP contribution in [-0.2, 0) is 4.79 Å².